The SMILES string of the molecule is CC/C=C/C=C/CCC(=O)CC. The highest BCUT2D eigenvalue weighted by Gasteiger charge is 1.93. The van der Waals surface area contributed by atoms with E-state index in [9.17, 15) is 4.79 Å². The fourth-order valence-electron chi connectivity index (χ4n) is 0.811. The van der Waals surface area contributed by atoms with Gasteiger partial charge < -0.3 is 0 Å². The highest BCUT2D eigenvalue weighted by molar-refractivity contribution is 5.78. The molecule has 0 unspecified atom stereocenters. The van der Waals surface area contributed by atoms with Gasteiger partial charge in [-0.3, -0.25) is 4.79 Å². The molecule has 12 heavy (non-hydrogen) atoms. The zero-order chi connectivity index (χ0) is 9.23. The van der Waals surface area contributed by atoms with Crippen molar-refractivity contribution in [2.75, 3.05) is 0 Å². The Hall–Kier alpha value is -0.850. The second-order valence-electron chi connectivity index (χ2n) is 2.70. The molecule has 0 aliphatic heterocycles. The normalized spacial score (nSPS) is 11.5. The summed E-state index contributed by atoms with van der Waals surface area (Å²) in [5, 5.41) is 0. The number of ketones is 1. The Morgan fingerprint density at radius 2 is 1.83 bits per heavy atom. The minimum atomic E-state index is 0.346. The molecule has 0 aromatic rings. The van der Waals surface area contributed by atoms with Crippen LogP contribution in [0.4, 0.5) is 0 Å². The third-order valence-corrected chi connectivity index (χ3v) is 1.60. The van der Waals surface area contributed by atoms with Crippen LogP contribution >= 0.6 is 0 Å². The maximum Gasteiger partial charge on any atom is 0.132 e. The lowest BCUT2D eigenvalue weighted by molar-refractivity contribution is -0.118. The van der Waals surface area contributed by atoms with Crippen molar-refractivity contribution in [3.05, 3.63) is 24.3 Å². The van der Waals surface area contributed by atoms with E-state index in [0.717, 1.165) is 12.8 Å². The van der Waals surface area contributed by atoms with Gasteiger partial charge in [0.05, 0.1) is 0 Å². The summed E-state index contributed by atoms with van der Waals surface area (Å²) in [6, 6.07) is 0. The van der Waals surface area contributed by atoms with Gasteiger partial charge in [0, 0.05) is 12.8 Å². The van der Waals surface area contributed by atoms with Crippen molar-refractivity contribution in [1.82, 2.24) is 0 Å². The summed E-state index contributed by atoms with van der Waals surface area (Å²) in [4.78, 5) is 10.8. The molecule has 0 N–H and O–H groups in total. The maximum absolute atomic E-state index is 10.8. The first-order valence-electron chi connectivity index (χ1n) is 4.64. The molecule has 0 radical (unpaired) electrons. The third-order valence-electron chi connectivity index (χ3n) is 1.60. The van der Waals surface area contributed by atoms with Crippen LogP contribution in [-0.4, -0.2) is 5.78 Å². The second kappa shape index (κ2) is 8.25. The zero-order valence-electron chi connectivity index (χ0n) is 8.05. The maximum atomic E-state index is 10.8. The monoisotopic (exact) mass is 166 g/mol. The molecule has 0 rings (SSSR count). The Morgan fingerprint density at radius 3 is 2.42 bits per heavy atom. The summed E-state index contributed by atoms with van der Waals surface area (Å²) in [6.07, 6.45) is 11.5. The van der Waals surface area contributed by atoms with Gasteiger partial charge in [-0.25, -0.2) is 0 Å². The first-order valence-corrected chi connectivity index (χ1v) is 4.64. The Balaban J connectivity index is 3.36. The van der Waals surface area contributed by atoms with Crippen LogP contribution in [0.25, 0.3) is 0 Å². The van der Waals surface area contributed by atoms with Gasteiger partial charge in [0.2, 0.25) is 0 Å². The molecule has 0 heterocycles. The highest BCUT2D eigenvalue weighted by Crippen LogP contribution is 1.96. The number of Topliss-reactive ketones (excluding diaryl/α,β-unsaturated/α-hetero) is 1. The molecule has 0 aliphatic rings. The lowest BCUT2D eigenvalue weighted by Crippen LogP contribution is -1.92. The summed E-state index contributed by atoms with van der Waals surface area (Å²) in [5.41, 5.74) is 0. The molecular formula is C11H18O. The molecule has 68 valence electrons. The molecule has 0 fully saturated rings. The van der Waals surface area contributed by atoms with Gasteiger partial charge in [0.15, 0.2) is 0 Å². The van der Waals surface area contributed by atoms with Crippen molar-refractivity contribution in [1.29, 1.82) is 0 Å². The first kappa shape index (κ1) is 11.2. The van der Waals surface area contributed by atoms with Crippen LogP contribution < -0.4 is 0 Å². The summed E-state index contributed by atoms with van der Waals surface area (Å²) >= 11 is 0. The van der Waals surface area contributed by atoms with E-state index in [-0.39, 0.29) is 0 Å². The van der Waals surface area contributed by atoms with Gasteiger partial charge >= 0.3 is 0 Å². The summed E-state index contributed by atoms with van der Waals surface area (Å²) in [6.45, 7) is 4.01. The van der Waals surface area contributed by atoms with Crippen LogP contribution in [0.2, 0.25) is 0 Å². The predicted octanol–water partition coefficient (Wildman–Crippen LogP) is 3.27. The molecule has 0 atom stereocenters. The van der Waals surface area contributed by atoms with E-state index < -0.39 is 0 Å². The molecule has 0 aromatic carbocycles. The molecule has 0 aromatic heterocycles. The lowest BCUT2D eigenvalue weighted by Gasteiger charge is -1.90. The van der Waals surface area contributed by atoms with E-state index in [1.807, 2.05) is 25.2 Å². The smallest absolute Gasteiger partial charge is 0.132 e. The average Bonchev–Trinajstić information content (AvgIpc) is 2.10. The first-order chi connectivity index (χ1) is 5.81. The van der Waals surface area contributed by atoms with E-state index in [1.165, 1.54) is 0 Å². The topological polar surface area (TPSA) is 17.1 Å². The van der Waals surface area contributed by atoms with E-state index in [1.54, 1.807) is 0 Å². The quantitative estimate of drug-likeness (QED) is 0.553. The van der Waals surface area contributed by atoms with Crippen molar-refractivity contribution in [3.8, 4) is 0 Å². The number of rotatable bonds is 6. The number of allylic oxidation sites excluding steroid dienone is 4. The van der Waals surface area contributed by atoms with Crippen molar-refractivity contribution in [2.24, 2.45) is 0 Å². The van der Waals surface area contributed by atoms with Gasteiger partial charge in [-0.1, -0.05) is 38.2 Å². The van der Waals surface area contributed by atoms with E-state index in [4.69, 9.17) is 0 Å². The third kappa shape index (κ3) is 7.26. The summed E-state index contributed by atoms with van der Waals surface area (Å²) < 4.78 is 0. The van der Waals surface area contributed by atoms with E-state index in [2.05, 4.69) is 13.0 Å². The van der Waals surface area contributed by atoms with Crippen molar-refractivity contribution < 1.29 is 4.79 Å². The molecule has 0 saturated carbocycles. The van der Waals surface area contributed by atoms with E-state index in [0.29, 0.717) is 18.6 Å². The minimum Gasteiger partial charge on any atom is -0.300 e. The van der Waals surface area contributed by atoms with Gasteiger partial charge in [0.1, 0.15) is 5.78 Å². The number of hydrogen-bond donors (Lipinski definition) is 0. The van der Waals surface area contributed by atoms with Gasteiger partial charge in [-0.15, -0.1) is 0 Å². The molecule has 0 bridgehead atoms. The minimum absolute atomic E-state index is 0.346. The molecule has 0 aliphatic carbocycles. The zero-order valence-corrected chi connectivity index (χ0v) is 8.05. The van der Waals surface area contributed by atoms with Gasteiger partial charge in [-0.2, -0.15) is 0 Å². The lowest BCUT2D eigenvalue weighted by atomic mass is 10.2. The predicted molar refractivity (Wildman–Crippen MR) is 53.1 cm³/mol. The van der Waals surface area contributed by atoms with Crippen LogP contribution in [0, 0.1) is 0 Å². The standard InChI is InChI=1S/C11H18O/c1-3-5-6-7-8-9-10-11(12)4-2/h5-8H,3-4,9-10H2,1-2H3/b6-5+,8-7+. The highest BCUT2D eigenvalue weighted by atomic mass is 16.1. The average molecular weight is 166 g/mol. The van der Waals surface area contributed by atoms with Gasteiger partial charge in [-0.05, 0) is 12.8 Å². The summed E-state index contributed by atoms with van der Waals surface area (Å²) in [5.74, 6) is 0.346. The Labute approximate surface area is 75.2 Å². The van der Waals surface area contributed by atoms with Gasteiger partial charge in [0.25, 0.3) is 0 Å². The number of hydrogen-bond acceptors (Lipinski definition) is 1. The molecule has 1 heteroatoms. The molecule has 0 spiro atoms. The van der Waals surface area contributed by atoms with Crippen molar-refractivity contribution in [3.63, 3.8) is 0 Å². The van der Waals surface area contributed by atoms with Crippen molar-refractivity contribution >= 4 is 5.78 Å². The number of carbonyl (C=O) groups excluding carboxylic acids is 1. The van der Waals surface area contributed by atoms with Crippen LogP contribution in [0.5, 0.6) is 0 Å². The molecular weight excluding hydrogens is 148 g/mol. The van der Waals surface area contributed by atoms with Crippen LogP contribution in [0.3, 0.4) is 0 Å². The summed E-state index contributed by atoms with van der Waals surface area (Å²) in [7, 11) is 0. The molecule has 1 nitrogen and oxygen atoms in total. The van der Waals surface area contributed by atoms with E-state index >= 15 is 0 Å². The molecule has 0 saturated heterocycles. The largest absolute Gasteiger partial charge is 0.300 e. The van der Waals surface area contributed by atoms with Crippen LogP contribution in [0.15, 0.2) is 24.3 Å². The number of carbonyl (C=O) groups is 1. The fraction of sp³-hybridized carbons (Fsp3) is 0.545. The van der Waals surface area contributed by atoms with Crippen molar-refractivity contribution in [2.45, 2.75) is 39.5 Å². The Kier molecular flexibility index (Phi) is 7.66. The van der Waals surface area contributed by atoms with Crippen LogP contribution in [0.1, 0.15) is 39.5 Å². The Morgan fingerprint density at radius 1 is 1.17 bits per heavy atom. The molecule has 0 amide bonds. The van der Waals surface area contributed by atoms with Crippen LogP contribution in [-0.2, 0) is 4.79 Å². The second-order valence-corrected chi connectivity index (χ2v) is 2.70. The Bertz CT molecular complexity index is 166. The fourth-order valence-corrected chi connectivity index (χ4v) is 0.811.